The summed E-state index contributed by atoms with van der Waals surface area (Å²) in [4.78, 5) is 6.64. The summed E-state index contributed by atoms with van der Waals surface area (Å²) < 4.78 is 0. The first kappa shape index (κ1) is 17.2. The third-order valence-electron chi connectivity index (χ3n) is 3.79. The Morgan fingerprint density at radius 2 is 1.83 bits per heavy atom. The fourth-order valence-electron chi connectivity index (χ4n) is 2.22. The molecule has 2 rings (SSSR count). The van der Waals surface area contributed by atoms with Crippen molar-refractivity contribution in [3.05, 3.63) is 36.0 Å². The van der Waals surface area contributed by atoms with Crippen LogP contribution in [-0.4, -0.2) is 28.8 Å². The lowest BCUT2D eigenvalue weighted by Gasteiger charge is -2.19. The molecule has 0 unspecified atom stereocenters. The Kier molecular flexibility index (Phi) is 5.53. The number of anilines is 3. The van der Waals surface area contributed by atoms with E-state index in [4.69, 9.17) is 0 Å². The second-order valence-corrected chi connectivity index (χ2v) is 6.87. The van der Waals surface area contributed by atoms with E-state index in [9.17, 15) is 0 Å². The van der Waals surface area contributed by atoms with Crippen LogP contribution in [0.25, 0.3) is 0 Å². The molecule has 1 heterocycles. The summed E-state index contributed by atoms with van der Waals surface area (Å²) in [6.45, 7) is 9.77. The van der Waals surface area contributed by atoms with Crippen LogP contribution in [0, 0.1) is 0 Å². The maximum absolute atomic E-state index is 4.53. The molecule has 0 aliphatic carbocycles. The van der Waals surface area contributed by atoms with Gasteiger partial charge in [-0.15, -0.1) is 5.10 Å². The third-order valence-corrected chi connectivity index (χ3v) is 3.79. The molecule has 0 aliphatic heterocycles. The predicted octanol–water partition coefficient (Wildman–Crippen LogP) is 4.15. The van der Waals surface area contributed by atoms with Gasteiger partial charge in [0.15, 0.2) is 5.82 Å². The van der Waals surface area contributed by atoms with Crippen molar-refractivity contribution in [2.24, 2.45) is 0 Å². The molecule has 0 aliphatic rings. The van der Waals surface area contributed by atoms with Gasteiger partial charge < -0.3 is 10.2 Å². The topological polar surface area (TPSA) is 53.9 Å². The van der Waals surface area contributed by atoms with Crippen LogP contribution in [0.2, 0.25) is 0 Å². The van der Waals surface area contributed by atoms with E-state index in [0.29, 0.717) is 5.95 Å². The quantitative estimate of drug-likeness (QED) is 0.868. The summed E-state index contributed by atoms with van der Waals surface area (Å²) >= 11 is 0. The largest absolute Gasteiger partial charge is 0.358 e. The molecule has 124 valence electrons. The number of nitrogens with zero attached hydrogens (tertiary/aromatic N) is 4. The predicted molar refractivity (Wildman–Crippen MR) is 96.4 cm³/mol. The minimum atomic E-state index is 0.151. The molecular formula is C18H27N5. The molecule has 5 heteroatoms. The fraction of sp³-hybridized carbons (Fsp3) is 0.500. The SMILES string of the molecule is CCCCN(C)c1cnnc(Nc2ccc(C(C)(C)C)cc2)n1. The van der Waals surface area contributed by atoms with Crippen LogP contribution in [-0.2, 0) is 5.41 Å². The first-order valence-corrected chi connectivity index (χ1v) is 8.18. The molecule has 23 heavy (non-hydrogen) atoms. The number of aromatic nitrogens is 3. The molecule has 1 N–H and O–H groups in total. The summed E-state index contributed by atoms with van der Waals surface area (Å²) in [7, 11) is 2.03. The van der Waals surface area contributed by atoms with Crippen molar-refractivity contribution in [3.63, 3.8) is 0 Å². The highest BCUT2D eigenvalue weighted by molar-refractivity contribution is 5.55. The summed E-state index contributed by atoms with van der Waals surface area (Å²) in [6, 6.07) is 8.37. The molecule has 0 atom stereocenters. The van der Waals surface area contributed by atoms with Gasteiger partial charge in [0.25, 0.3) is 0 Å². The Bertz CT molecular complexity index is 616. The van der Waals surface area contributed by atoms with Gasteiger partial charge in [0.2, 0.25) is 5.95 Å². The molecule has 1 aromatic heterocycles. The first-order valence-electron chi connectivity index (χ1n) is 8.18. The van der Waals surface area contributed by atoms with E-state index in [1.165, 1.54) is 5.56 Å². The van der Waals surface area contributed by atoms with Gasteiger partial charge in [0.1, 0.15) is 0 Å². The van der Waals surface area contributed by atoms with Gasteiger partial charge in [0.05, 0.1) is 6.20 Å². The summed E-state index contributed by atoms with van der Waals surface area (Å²) in [6.07, 6.45) is 4.00. The molecule has 0 radical (unpaired) electrons. The van der Waals surface area contributed by atoms with Crippen molar-refractivity contribution in [1.82, 2.24) is 15.2 Å². The molecule has 0 spiro atoms. The molecule has 1 aromatic carbocycles. The Hall–Kier alpha value is -2.17. The Labute approximate surface area is 139 Å². The van der Waals surface area contributed by atoms with Gasteiger partial charge in [-0.3, -0.25) is 0 Å². The van der Waals surface area contributed by atoms with Crippen LogP contribution in [0.1, 0.15) is 46.1 Å². The smallest absolute Gasteiger partial charge is 0.249 e. The van der Waals surface area contributed by atoms with Crippen LogP contribution >= 0.6 is 0 Å². The zero-order chi connectivity index (χ0) is 16.9. The maximum Gasteiger partial charge on any atom is 0.249 e. The minimum absolute atomic E-state index is 0.151. The number of unbranched alkanes of at least 4 members (excludes halogenated alkanes) is 1. The van der Waals surface area contributed by atoms with Gasteiger partial charge in [-0.2, -0.15) is 10.1 Å². The van der Waals surface area contributed by atoms with Crippen LogP contribution in [0.15, 0.2) is 30.5 Å². The number of nitrogens with one attached hydrogen (secondary N) is 1. The average molecular weight is 313 g/mol. The van der Waals surface area contributed by atoms with Crippen molar-refractivity contribution < 1.29 is 0 Å². The maximum atomic E-state index is 4.53. The van der Waals surface area contributed by atoms with E-state index in [1.807, 2.05) is 7.05 Å². The lowest BCUT2D eigenvalue weighted by atomic mass is 9.87. The standard InChI is InChI=1S/C18H27N5/c1-6-7-12-23(5)16-13-19-22-17(21-16)20-15-10-8-14(9-11-15)18(2,3)4/h8-11,13H,6-7,12H2,1-5H3,(H,20,21,22). The van der Waals surface area contributed by atoms with Gasteiger partial charge >= 0.3 is 0 Å². The van der Waals surface area contributed by atoms with Crippen molar-refractivity contribution in [2.45, 2.75) is 46.0 Å². The number of hydrogen-bond donors (Lipinski definition) is 1. The van der Waals surface area contributed by atoms with Crippen molar-refractivity contribution in [3.8, 4) is 0 Å². The molecular weight excluding hydrogens is 286 g/mol. The first-order chi connectivity index (χ1) is 10.9. The van der Waals surface area contributed by atoms with Crippen molar-refractivity contribution in [2.75, 3.05) is 23.8 Å². The monoisotopic (exact) mass is 313 g/mol. The van der Waals surface area contributed by atoms with E-state index in [2.05, 4.69) is 77.4 Å². The van der Waals surface area contributed by atoms with E-state index in [0.717, 1.165) is 30.9 Å². The fourth-order valence-corrected chi connectivity index (χ4v) is 2.22. The Balaban J connectivity index is 2.08. The molecule has 0 bridgehead atoms. The minimum Gasteiger partial charge on any atom is -0.358 e. The molecule has 0 saturated carbocycles. The van der Waals surface area contributed by atoms with Crippen LogP contribution < -0.4 is 10.2 Å². The Morgan fingerprint density at radius 1 is 1.13 bits per heavy atom. The normalized spacial score (nSPS) is 11.3. The van der Waals surface area contributed by atoms with E-state index < -0.39 is 0 Å². The number of hydrogen-bond acceptors (Lipinski definition) is 5. The number of rotatable bonds is 6. The second-order valence-electron chi connectivity index (χ2n) is 6.87. The zero-order valence-electron chi connectivity index (χ0n) is 14.8. The van der Waals surface area contributed by atoms with E-state index in [1.54, 1.807) is 6.20 Å². The van der Waals surface area contributed by atoms with Crippen molar-refractivity contribution in [1.29, 1.82) is 0 Å². The van der Waals surface area contributed by atoms with E-state index in [-0.39, 0.29) is 5.41 Å². The van der Waals surface area contributed by atoms with Crippen LogP contribution in [0.3, 0.4) is 0 Å². The van der Waals surface area contributed by atoms with Crippen LogP contribution in [0.5, 0.6) is 0 Å². The lowest BCUT2D eigenvalue weighted by Crippen LogP contribution is -2.20. The average Bonchev–Trinajstić information content (AvgIpc) is 2.52. The molecule has 0 saturated heterocycles. The molecule has 0 fully saturated rings. The molecule has 2 aromatic rings. The second kappa shape index (κ2) is 7.40. The lowest BCUT2D eigenvalue weighted by molar-refractivity contribution is 0.590. The highest BCUT2D eigenvalue weighted by atomic mass is 15.3. The molecule has 5 nitrogen and oxygen atoms in total. The van der Waals surface area contributed by atoms with Crippen LogP contribution in [0.4, 0.5) is 17.5 Å². The summed E-state index contributed by atoms with van der Waals surface area (Å²) in [5.41, 5.74) is 2.42. The third kappa shape index (κ3) is 4.91. The summed E-state index contributed by atoms with van der Waals surface area (Å²) in [5, 5.41) is 11.3. The molecule has 0 amide bonds. The van der Waals surface area contributed by atoms with E-state index >= 15 is 0 Å². The highest BCUT2D eigenvalue weighted by Gasteiger charge is 2.13. The van der Waals surface area contributed by atoms with Crippen molar-refractivity contribution >= 4 is 17.5 Å². The Morgan fingerprint density at radius 3 is 2.43 bits per heavy atom. The van der Waals surface area contributed by atoms with Gasteiger partial charge in [-0.25, -0.2) is 0 Å². The highest BCUT2D eigenvalue weighted by Crippen LogP contribution is 2.24. The van der Waals surface area contributed by atoms with Gasteiger partial charge in [-0.05, 0) is 29.5 Å². The summed E-state index contributed by atoms with van der Waals surface area (Å²) in [5.74, 6) is 1.36. The number of benzene rings is 1. The van der Waals surface area contributed by atoms with Gasteiger partial charge in [-0.1, -0.05) is 46.2 Å². The van der Waals surface area contributed by atoms with Gasteiger partial charge in [0, 0.05) is 19.3 Å². The zero-order valence-corrected chi connectivity index (χ0v) is 14.8.